The van der Waals surface area contributed by atoms with Gasteiger partial charge >= 0.3 is 0 Å². The summed E-state index contributed by atoms with van der Waals surface area (Å²) in [5.74, 6) is 0. The number of nitrogens with zero attached hydrogens (tertiary/aromatic N) is 2. The summed E-state index contributed by atoms with van der Waals surface area (Å²) < 4.78 is 4.96. The number of aromatic nitrogens is 2. The highest BCUT2D eigenvalue weighted by Crippen LogP contribution is 2.43. The molecular formula is C42H30N2. The zero-order valence-electron chi connectivity index (χ0n) is 24.3. The Morgan fingerprint density at radius 2 is 1.05 bits per heavy atom. The van der Waals surface area contributed by atoms with E-state index in [1.165, 1.54) is 71.6 Å². The molecule has 0 radical (unpaired) electrons. The maximum atomic E-state index is 2.50. The van der Waals surface area contributed by atoms with Crippen LogP contribution >= 0.6 is 0 Å². The second-order valence-electron chi connectivity index (χ2n) is 11.7. The lowest BCUT2D eigenvalue weighted by molar-refractivity contribution is 1.02. The van der Waals surface area contributed by atoms with Gasteiger partial charge in [-0.1, -0.05) is 115 Å². The lowest BCUT2D eigenvalue weighted by atomic mass is 9.98. The molecule has 9 rings (SSSR count). The van der Waals surface area contributed by atoms with Gasteiger partial charge in [-0.05, 0) is 77.6 Å². The van der Waals surface area contributed by atoms with Gasteiger partial charge in [0.25, 0.3) is 0 Å². The van der Waals surface area contributed by atoms with Crippen molar-refractivity contribution in [2.24, 2.45) is 0 Å². The highest BCUT2D eigenvalue weighted by atomic mass is 15.0. The van der Waals surface area contributed by atoms with Crippen molar-refractivity contribution in [3.05, 3.63) is 158 Å². The Morgan fingerprint density at radius 3 is 1.70 bits per heavy atom. The first-order valence-corrected chi connectivity index (χ1v) is 15.4. The van der Waals surface area contributed by atoms with Crippen LogP contribution in [0.25, 0.3) is 77.2 Å². The molecule has 0 bridgehead atoms. The standard InChI is InChI=1S/C42H30N2/c1-4-14-29(15-5-1)31-26-32(30-16-6-2-7-17-30)28-34(27-31)43-39-23-13-11-21-37(39)41-40(43)25-24-36-35-20-10-12-22-38(35)44(42(36)41)33-18-8-3-9-19-33/h1-2,4-8,10-28H,3,9H2. The van der Waals surface area contributed by atoms with E-state index >= 15 is 0 Å². The van der Waals surface area contributed by atoms with Crippen molar-refractivity contribution in [1.29, 1.82) is 0 Å². The van der Waals surface area contributed by atoms with E-state index in [4.69, 9.17) is 0 Å². The summed E-state index contributed by atoms with van der Waals surface area (Å²) in [6.07, 6.45) is 9.14. The predicted molar refractivity (Wildman–Crippen MR) is 187 cm³/mol. The van der Waals surface area contributed by atoms with Crippen molar-refractivity contribution in [3.8, 4) is 27.9 Å². The number of rotatable bonds is 4. The molecule has 0 N–H and O–H groups in total. The fourth-order valence-electron chi connectivity index (χ4n) is 7.16. The number of hydrogen-bond donors (Lipinski definition) is 0. The number of benzene rings is 6. The molecule has 0 saturated carbocycles. The molecule has 0 amide bonds. The minimum absolute atomic E-state index is 1.06. The minimum atomic E-state index is 1.06. The number of allylic oxidation sites excluding steroid dienone is 4. The second-order valence-corrected chi connectivity index (χ2v) is 11.7. The van der Waals surface area contributed by atoms with Gasteiger partial charge in [-0.2, -0.15) is 0 Å². The molecule has 0 spiro atoms. The molecule has 0 fully saturated rings. The molecule has 2 aromatic heterocycles. The van der Waals surface area contributed by atoms with Crippen LogP contribution in [-0.4, -0.2) is 9.13 Å². The molecule has 2 heterocycles. The summed E-state index contributed by atoms with van der Waals surface area (Å²) >= 11 is 0. The van der Waals surface area contributed by atoms with Crippen LogP contribution in [0, 0.1) is 0 Å². The Balaban J connectivity index is 1.42. The van der Waals surface area contributed by atoms with Crippen molar-refractivity contribution in [3.63, 3.8) is 0 Å². The first-order chi connectivity index (χ1) is 21.8. The first kappa shape index (κ1) is 24.9. The quantitative estimate of drug-likeness (QED) is 0.202. The number of hydrogen-bond acceptors (Lipinski definition) is 0. The third-order valence-corrected chi connectivity index (χ3v) is 9.09. The van der Waals surface area contributed by atoms with Gasteiger partial charge in [0.15, 0.2) is 0 Å². The largest absolute Gasteiger partial charge is 0.309 e. The van der Waals surface area contributed by atoms with Crippen LogP contribution in [0.2, 0.25) is 0 Å². The molecule has 6 aromatic carbocycles. The molecule has 0 atom stereocenters. The van der Waals surface area contributed by atoms with Crippen LogP contribution in [-0.2, 0) is 0 Å². The summed E-state index contributed by atoms with van der Waals surface area (Å²) in [6, 6.07) is 50.9. The van der Waals surface area contributed by atoms with Crippen LogP contribution < -0.4 is 0 Å². The summed E-state index contributed by atoms with van der Waals surface area (Å²) in [5.41, 5.74) is 12.2. The van der Waals surface area contributed by atoms with Gasteiger partial charge in [-0.25, -0.2) is 0 Å². The van der Waals surface area contributed by atoms with Gasteiger partial charge in [-0.3, -0.25) is 0 Å². The monoisotopic (exact) mass is 562 g/mol. The molecular weight excluding hydrogens is 532 g/mol. The van der Waals surface area contributed by atoms with Gasteiger partial charge in [-0.15, -0.1) is 0 Å². The SMILES string of the molecule is C1=CC(n2c3ccccc3c3ccc4c(c5ccccc5n4-c4cc(-c5ccccc5)cc(-c5ccccc5)c4)c32)=CCC1. The van der Waals surface area contributed by atoms with E-state index in [0.29, 0.717) is 0 Å². The topological polar surface area (TPSA) is 9.86 Å². The molecule has 0 aliphatic heterocycles. The molecule has 0 unspecified atom stereocenters. The van der Waals surface area contributed by atoms with E-state index in [1.807, 2.05) is 0 Å². The molecule has 1 aliphatic carbocycles. The Morgan fingerprint density at radius 1 is 0.432 bits per heavy atom. The lowest BCUT2D eigenvalue weighted by Crippen LogP contribution is -1.98. The third kappa shape index (κ3) is 3.81. The van der Waals surface area contributed by atoms with E-state index in [9.17, 15) is 0 Å². The molecule has 8 aromatic rings. The Hall–Kier alpha value is -5.60. The van der Waals surface area contributed by atoms with Crippen molar-refractivity contribution in [2.45, 2.75) is 12.8 Å². The zero-order valence-corrected chi connectivity index (χ0v) is 24.3. The first-order valence-electron chi connectivity index (χ1n) is 15.4. The van der Waals surface area contributed by atoms with Crippen molar-refractivity contribution >= 4 is 49.3 Å². The van der Waals surface area contributed by atoms with E-state index in [2.05, 4.69) is 167 Å². The van der Waals surface area contributed by atoms with Crippen LogP contribution in [0.3, 0.4) is 0 Å². The Bertz CT molecular complexity index is 2360. The average Bonchev–Trinajstić information content (AvgIpc) is 3.62. The van der Waals surface area contributed by atoms with Crippen LogP contribution in [0.1, 0.15) is 12.8 Å². The summed E-state index contributed by atoms with van der Waals surface area (Å²) in [6.45, 7) is 0. The summed E-state index contributed by atoms with van der Waals surface area (Å²) in [7, 11) is 0. The van der Waals surface area contributed by atoms with Gasteiger partial charge in [0, 0.05) is 32.9 Å². The molecule has 1 aliphatic rings. The highest BCUT2D eigenvalue weighted by Gasteiger charge is 2.21. The zero-order chi connectivity index (χ0) is 29.0. The van der Waals surface area contributed by atoms with Crippen LogP contribution in [0.15, 0.2) is 158 Å². The van der Waals surface area contributed by atoms with Gasteiger partial charge in [0.05, 0.1) is 22.1 Å². The van der Waals surface area contributed by atoms with E-state index in [0.717, 1.165) is 18.5 Å². The summed E-state index contributed by atoms with van der Waals surface area (Å²) in [4.78, 5) is 0. The number of fused-ring (bicyclic) bond motifs is 7. The van der Waals surface area contributed by atoms with Gasteiger partial charge in [0.2, 0.25) is 0 Å². The van der Waals surface area contributed by atoms with Crippen molar-refractivity contribution in [2.75, 3.05) is 0 Å². The van der Waals surface area contributed by atoms with E-state index < -0.39 is 0 Å². The van der Waals surface area contributed by atoms with Gasteiger partial charge < -0.3 is 9.13 Å². The average molecular weight is 563 g/mol. The fourth-order valence-corrected chi connectivity index (χ4v) is 7.16. The summed E-state index contributed by atoms with van der Waals surface area (Å²) in [5, 5.41) is 5.14. The maximum absolute atomic E-state index is 2.50. The maximum Gasteiger partial charge on any atom is 0.0641 e. The third-order valence-electron chi connectivity index (χ3n) is 9.09. The normalized spacial score (nSPS) is 13.3. The van der Waals surface area contributed by atoms with Crippen LogP contribution in [0.4, 0.5) is 0 Å². The van der Waals surface area contributed by atoms with Crippen molar-refractivity contribution < 1.29 is 0 Å². The lowest BCUT2D eigenvalue weighted by Gasteiger charge is -2.14. The van der Waals surface area contributed by atoms with Crippen LogP contribution in [0.5, 0.6) is 0 Å². The predicted octanol–water partition coefficient (Wildman–Crippen LogP) is 11.4. The molecule has 2 nitrogen and oxygen atoms in total. The molecule has 2 heteroatoms. The van der Waals surface area contributed by atoms with E-state index in [-0.39, 0.29) is 0 Å². The smallest absolute Gasteiger partial charge is 0.0641 e. The van der Waals surface area contributed by atoms with Gasteiger partial charge in [0.1, 0.15) is 0 Å². The van der Waals surface area contributed by atoms with E-state index in [1.54, 1.807) is 0 Å². The molecule has 208 valence electrons. The minimum Gasteiger partial charge on any atom is -0.309 e. The molecule has 0 saturated heterocycles. The van der Waals surface area contributed by atoms with Crippen molar-refractivity contribution in [1.82, 2.24) is 9.13 Å². The fraction of sp³-hybridized carbons (Fsp3) is 0.0476. The Kier molecular flexibility index (Phi) is 5.67. The second kappa shape index (κ2) is 10.00. The Labute approximate surface area is 256 Å². The number of para-hydroxylation sites is 2. The highest BCUT2D eigenvalue weighted by molar-refractivity contribution is 6.26. The molecule has 44 heavy (non-hydrogen) atoms.